The summed E-state index contributed by atoms with van der Waals surface area (Å²) in [4.78, 5) is 14.2. The molecule has 1 aliphatic rings. The zero-order valence-corrected chi connectivity index (χ0v) is 10.2. The summed E-state index contributed by atoms with van der Waals surface area (Å²) in [7, 11) is 1.81. The van der Waals surface area contributed by atoms with Gasteiger partial charge < -0.3 is 4.90 Å². The van der Waals surface area contributed by atoms with Crippen LogP contribution in [-0.4, -0.2) is 13.0 Å². The molecule has 1 atom stereocenters. The highest BCUT2D eigenvalue weighted by Crippen LogP contribution is 2.45. The van der Waals surface area contributed by atoms with Gasteiger partial charge in [-0.15, -0.1) is 0 Å². The average molecular weight is 228 g/mol. The maximum Gasteiger partial charge on any atom is 0.237 e. The molecule has 1 aromatic carbocycles. The fourth-order valence-corrected chi connectivity index (χ4v) is 2.75. The van der Waals surface area contributed by atoms with Gasteiger partial charge in [0.2, 0.25) is 5.91 Å². The van der Waals surface area contributed by atoms with Crippen molar-refractivity contribution >= 4 is 11.6 Å². The van der Waals surface area contributed by atoms with Crippen LogP contribution in [0, 0.1) is 11.3 Å². The van der Waals surface area contributed by atoms with Gasteiger partial charge in [0.05, 0.1) is 11.5 Å². The lowest BCUT2D eigenvalue weighted by Crippen LogP contribution is -2.38. The first-order chi connectivity index (χ1) is 8.17. The van der Waals surface area contributed by atoms with Gasteiger partial charge >= 0.3 is 0 Å². The van der Waals surface area contributed by atoms with Crippen molar-refractivity contribution in [2.24, 2.45) is 0 Å². The highest BCUT2D eigenvalue weighted by Gasteiger charge is 2.47. The number of anilines is 1. The highest BCUT2D eigenvalue weighted by molar-refractivity contribution is 6.07. The second kappa shape index (κ2) is 4.21. The van der Waals surface area contributed by atoms with Crippen LogP contribution in [0.5, 0.6) is 0 Å². The van der Waals surface area contributed by atoms with E-state index in [0.717, 1.165) is 17.7 Å². The van der Waals surface area contributed by atoms with Crippen molar-refractivity contribution in [3.05, 3.63) is 29.8 Å². The number of para-hydroxylation sites is 1. The van der Waals surface area contributed by atoms with E-state index in [1.165, 1.54) is 0 Å². The second-order valence-corrected chi connectivity index (χ2v) is 4.48. The van der Waals surface area contributed by atoms with Crippen molar-refractivity contribution in [3.8, 4) is 6.07 Å². The molecule has 0 fully saturated rings. The van der Waals surface area contributed by atoms with Crippen LogP contribution in [0.15, 0.2) is 24.3 Å². The summed E-state index contributed by atoms with van der Waals surface area (Å²) in [6.07, 6.45) is 1.77. The molecular formula is C14H16N2O. The Bertz CT molecular complexity index is 489. The normalized spacial score (nSPS) is 22.4. The number of amides is 1. The second-order valence-electron chi connectivity index (χ2n) is 4.48. The average Bonchev–Trinajstić information content (AvgIpc) is 2.59. The molecule has 3 nitrogen and oxygen atoms in total. The number of carbonyl (C=O) groups is 1. The van der Waals surface area contributed by atoms with Gasteiger partial charge in [0, 0.05) is 19.2 Å². The summed E-state index contributed by atoms with van der Waals surface area (Å²) in [5.41, 5.74) is 1.57. The van der Waals surface area contributed by atoms with E-state index in [2.05, 4.69) is 6.07 Å². The number of hydrogen-bond acceptors (Lipinski definition) is 2. The third kappa shape index (κ3) is 1.52. The molecule has 1 amide bonds. The summed E-state index contributed by atoms with van der Waals surface area (Å²) >= 11 is 0. The van der Waals surface area contributed by atoms with Gasteiger partial charge in [-0.25, -0.2) is 0 Å². The fraction of sp³-hybridized carbons (Fsp3) is 0.429. The van der Waals surface area contributed by atoms with E-state index in [1.54, 1.807) is 4.90 Å². The van der Waals surface area contributed by atoms with Crippen LogP contribution in [0.3, 0.4) is 0 Å². The van der Waals surface area contributed by atoms with Crippen LogP contribution in [0.4, 0.5) is 5.69 Å². The van der Waals surface area contributed by atoms with Gasteiger partial charge in [-0.3, -0.25) is 4.79 Å². The summed E-state index contributed by atoms with van der Waals surface area (Å²) in [5, 5.41) is 8.76. The molecule has 3 heteroatoms. The van der Waals surface area contributed by atoms with Crippen LogP contribution in [0.25, 0.3) is 0 Å². The van der Waals surface area contributed by atoms with Gasteiger partial charge in [-0.2, -0.15) is 5.26 Å². The van der Waals surface area contributed by atoms with E-state index in [0.29, 0.717) is 12.8 Å². The van der Waals surface area contributed by atoms with E-state index in [9.17, 15) is 4.79 Å². The number of nitrogens with zero attached hydrogens (tertiary/aromatic N) is 2. The minimum absolute atomic E-state index is 0.122. The standard InChI is InChI=1S/C14H16N2O/c1-3-14(9-6-10-15)11-7-4-5-8-12(11)16(2)13(14)17/h4-5,7-8H,3,6,9H2,1-2H3/t14-/m0/s1. The lowest BCUT2D eigenvalue weighted by molar-refractivity contribution is -0.123. The van der Waals surface area contributed by atoms with Crippen LogP contribution >= 0.6 is 0 Å². The SMILES string of the molecule is CC[C@@]1(CCC#N)C(=O)N(C)c2ccccc21. The summed E-state index contributed by atoms with van der Waals surface area (Å²) in [5.74, 6) is 0.122. The maximum absolute atomic E-state index is 12.4. The first kappa shape index (κ1) is 11.7. The molecular weight excluding hydrogens is 212 g/mol. The molecule has 0 bridgehead atoms. The molecule has 0 aromatic heterocycles. The Balaban J connectivity index is 2.53. The number of carbonyl (C=O) groups excluding carboxylic acids is 1. The lowest BCUT2D eigenvalue weighted by atomic mass is 9.75. The zero-order valence-electron chi connectivity index (χ0n) is 10.2. The first-order valence-electron chi connectivity index (χ1n) is 5.92. The van der Waals surface area contributed by atoms with Crippen molar-refractivity contribution in [2.75, 3.05) is 11.9 Å². The molecule has 1 aromatic rings. The number of likely N-dealkylation sites (N-methyl/N-ethyl adjacent to an activating group) is 1. The summed E-state index contributed by atoms with van der Waals surface area (Å²) in [6, 6.07) is 10.0. The Kier molecular flexibility index (Phi) is 2.89. The van der Waals surface area contributed by atoms with Crippen LogP contribution < -0.4 is 4.90 Å². The van der Waals surface area contributed by atoms with Gasteiger partial charge in [0.1, 0.15) is 0 Å². The van der Waals surface area contributed by atoms with E-state index in [-0.39, 0.29) is 5.91 Å². The Morgan fingerprint density at radius 1 is 1.41 bits per heavy atom. The molecule has 0 N–H and O–H groups in total. The van der Waals surface area contributed by atoms with E-state index in [1.807, 2.05) is 38.2 Å². The molecule has 88 valence electrons. The minimum Gasteiger partial charge on any atom is -0.314 e. The lowest BCUT2D eigenvalue weighted by Gasteiger charge is -2.25. The maximum atomic E-state index is 12.4. The fourth-order valence-electron chi connectivity index (χ4n) is 2.75. The number of fused-ring (bicyclic) bond motifs is 1. The number of nitriles is 1. The predicted octanol–water partition coefficient (Wildman–Crippen LogP) is 2.61. The molecule has 1 heterocycles. The van der Waals surface area contributed by atoms with Crippen molar-refractivity contribution in [2.45, 2.75) is 31.6 Å². The third-order valence-corrected chi connectivity index (χ3v) is 3.76. The van der Waals surface area contributed by atoms with Crippen molar-refractivity contribution in [1.29, 1.82) is 5.26 Å². The quantitative estimate of drug-likeness (QED) is 0.798. The summed E-state index contributed by atoms with van der Waals surface area (Å²) < 4.78 is 0. The Morgan fingerprint density at radius 2 is 2.12 bits per heavy atom. The van der Waals surface area contributed by atoms with E-state index < -0.39 is 5.41 Å². The Hall–Kier alpha value is -1.82. The number of benzene rings is 1. The molecule has 0 spiro atoms. The number of hydrogen-bond donors (Lipinski definition) is 0. The summed E-state index contributed by atoms with van der Waals surface area (Å²) in [6.45, 7) is 2.02. The van der Waals surface area contributed by atoms with Gasteiger partial charge in [-0.1, -0.05) is 25.1 Å². The van der Waals surface area contributed by atoms with E-state index in [4.69, 9.17) is 5.26 Å². The van der Waals surface area contributed by atoms with Gasteiger partial charge in [0.15, 0.2) is 0 Å². The number of rotatable bonds is 3. The van der Waals surface area contributed by atoms with Gasteiger partial charge in [-0.05, 0) is 24.5 Å². The largest absolute Gasteiger partial charge is 0.314 e. The van der Waals surface area contributed by atoms with Crippen LogP contribution in [0.2, 0.25) is 0 Å². The molecule has 0 aliphatic carbocycles. The van der Waals surface area contributed by atoms with E-state index >= 15 is 0 Å². The van der Waals surface area contributed by atoms with Crippen LogP contribution in [-0.2, 0) is 10.2 Å². The zero-order chi connectivity index (χ0) is 12.5. The Labute approximate surface area is 102 Å². The third-order valence-electron chi connectivity index (χ3n) is 3.76. The molecule has 2 rings (SSSR count). The smallest absolute Gasteiger partial charge is 0.237 e. The Morgan fingerprint density at radius 3 is 2.76 bits per heavy atom. The molecule has 17 heavy (non-hydrogen) atoms. The molecule has 0 unspecified atom stereocenters. The molecule has 1 aliphatic heterocycles. The highest BCUT2D eigenvalue weighted by atomic mass is 16.2. The monoisotopic (exact) mass is 228 g/mol. The first-order valence-corrected chi connectivity index (χ1v) is 5.92. The van der Waals surface area contributed by atoms with Crippen molar-refractivity contribution in [3.63, 3.8) is 0 Å². The molecule has 0 saturated carbocycles. The topological polar surface area (TPSA) is 44.1 Å². The molecule has 0 radical (unpaired) electrons. The van der Waals surface area contributed by atoms with Gasteiger partial charge in [0.25, 0.3) is 0 Å². The minimum atomic E-state index is -0.485. The van der Waals surface area contributed by atoms with Crippen LogP contribution in [0.1, 0.15) is 31.7 Å². The van der Waals surface area contributed by atoms with Crippen molar-refractivity contribution < 1.29 is 4.79 Å². The molecule has 0 saturated heterocycles. The predicted molar refractivity (Wildman–Crippen MR) is 66.7 cm³/mol. The van der Waals surface area contributed by atoms with Crippen molar-refractivity contribution in [1.82, 2.24) is 0 Å².